The van der Waals surface area contributed by atoms with Crippen LogP contribution in [0.15, 0.2) is 30.9 Å². The molecule has 0 bridgehead atoms. The van der Waals surface area contributed by atoms with Crippen LogP contribution in [0.2, 0.25) is 0 Å². The van der Waals surface area contributed by atoms with Gasteiger partial charge in [0.15, 0.2) is 0 Å². The van der Waals surface area contributed by atoms with Gasteiger partial charge in [-0.05, 0) is 19.1 Å². The summed E-state index contributed by atoms with van der Waals surface area (Å²) < 4.78 is 15.1. The number of carbonyl (C=O) groups is 2. The van der Waals surface area contributed by atoms with Crippen molar-refractivity contribution in [2.24, 2.45) is 0 Å². The van der Waals surface area contributed by atoms with Gasteiger partial charge in [0.1, 0.15) is 18.5 Å². The quantitative estimate of drug-likeness (QED) is 0.349. The van der Waals surface area contributed by atoms with Crippen molar-refractivity contribution in [3.05, 3.63) is 42.0 Å². The molecule has 0 aromatic heterocycles. The Hall–Kier alpha value is -2.14. The Balaban J connectivity index is 2.10. The fourth-order valence-corrected chi connectivity index (χ4v) is 1.51. The molecule has 0 N–H and O–H groups in total. The summed E-state index contributed by atoms with van der Waals surface area (Å²) in [7, 11) is 0. The second-order valence-corrected chi connectivity index (χ2v) is 4.11. The molecular formula is C14H14O5. The van der Waals surface area contributed by atoms with Crippen LogP contribution in [0.25, 0.3) is 0 Å². The Bertz CT molecular complexity index is 517. The van der Waals surface area contributed by atoms with Crippen molar-refractivity contribution in [1.82, 2.24) is 0 Å². The Morgan fingerprint density at radius 1 is 1.53 bits per heavy atom. The lowest BCUT2D eigenvalue weighted by atomic mass is 10.1. The molecule has 100 valence electrons. The van der Waals surface area contributed by atoms with Crippen molar-refractivity contribution in [2.45, 2.75) is 13.0 Å². The third-order valence-corrected chi connectivity index (χ3v) is 2.68. The molecule has 19 heavy (non-hydrogen) atoms. The summed E-state index contributed by atoms with van der Waals surface area (Å²) >= 11 is 0. The minimum Gasteiger partial charge on any atom is -0.459 e. The highest BCUT2D eigenvalue weighted by Gasteiger charge is 2.25. The minimum absolute atomic E-state index is 0.0195. The molecule has 1 saturated heterocycles. The molecule has 1 aromatic carbocycles. The zero-order valence-corrected chi connectivity index (χ0v) is 10.5. The SMILES string of the molecule is C=CC(=O)Oc1cccc(C(=O)OCC2CO2)c1C. The van der Waals surface area contributed by atoms with Crippen LogP contribution in [0.4, 0.5) is 0 Å². The molecule has 5 nitrogen and oxygen atoms in total. The first-order valence-corrected chi connectivity index (χ1v) is 5.84. The lowest BCUT2D eigenvalue weighted by molar-refractivity contribution is -0.129. The van der Waals surface area contributed by atoms with Crippen LogP contribution < -0.4 is 4.74 Å². The predicted octanol–water partition coefficient (Wildman–Crippen LogP) is 1.64. The van der Waals surface area contributed by atoms with E-state index < -0.39 is 11.9 Å². The van der Waals surface area contributed by atoms with E-state index in [1.165, 1.54) is 0 Å². The van der Waals surface area contributed by atoms with Crippen LogP contribution in [0.1, 0.15) is 15.9 Å². The summed E-state index contributed by atoms with van der Waals surface area (Å²) in [5.41, 5.74) is 0.925. The number of ether oxygens (including phenoxy) is 3. The zero-order chi connectivity index (χ0) is 13.8. The molecular weight excluding hydrogens is 248 g/mol. The van der Waals surface area contributed by atoms with Gasteiger partial charge in [0, 0.05) is 11.6 Å². The smallest absolute Gasteiger partial charge is 0.338 e. The maximum absolute atomic E-state index is 11.9. The topological polar surface area (TPSA) is 65.1 Å². The third kappa shape index (κ3) is 3.42. The summed E-state index contributed by atoms with van der Waals surface area (Å²) in [6.45, 7) is 5.88. The fraction of sp³-hybridized carbons (Fsp3) is 0.286. The van der Waals surface area contributed by atoms with Gasteiger partial charge in [0.05, 0.1) is 12.2 Å². The van der Waals surface area contributed by atoms with Crippen LogP contribution in [0.5, 0.6) is 5.75 Å². The molecule has 1 unspecified atom stereocenters. The number of rotatable bonds is 5. The Kier molecular flexibility index (Phi) is 3.97. The molecule has 1 heterocycles. The first kappa shape index (κ1) is 13.3. The molecule has 5 heteroatoms. The van der Waals surface area contributed by atoms with E-state index in [9.17, 15) is 9.59 Å². The van der Waals surface area contributed by atoms with Crippen LogP contribution >= 0.6 is 0 Å². The van der Waals surface area contributed by atoms with E-state index in [4.69, 9.17) is 14.2 Å². The van der Waals surface area contributed by atoms with Crippen molar-refractivity contribution in [2.75, 3.05) is 13.2 Å². The van der Waals surface area contributed by atoms with E-state index in [0.717, 1.165) is 6.08 Å². The summed E-state index contributed by atoms with van der Waals surface area (Å²) in [5, 5.41) is 0. The van der Waals surface area contributed by atoms with E-state index in [2.05, 4.69) is 6.58 Å². The minimum atomic E-state index is -0.569. The van der Waals surface area contributed by atoms with Gasteiger partial charge in [0.25, 0.3) is 0 Å². The van der Waals surface area contributed by atoms with Gasteiger partial charge in [-0.25, -0.2) is 9.59 Å². The maximum atomic E-state index is 11.9. The normalized spacial score (nSPS) is 16.6. The third-order valence-electron chi connectivity index (χ3n) is 2.68. The number of hydrogen-bond acceptors (Lipinski definition) is 5. The number of esters is 2. The summed E-state index contributed by atoms with van der Waals surface area (Å²) in [4.78, 5) is 23.0. The summed E-state index contributed by atoms with van der Waals surface area (Å²) in [6, 6.07) is 4.86. The first-order valence-electron chi connectivity index (χ1n) is 5.84. The highest BCUT2D eigenvalue weighted by atomic mass is 16.6. The highest BCUT2D eigenvalue weighted by molar-refractivity contribution is 5.92. The Morgan fingerprint density at radius 2 is 2.26 bits per heavy atom. The average Bonchev–Trinajstić information content (AvgIpc) is 3.22. The van der Waals surface area contributed by atoms with Gasteiger partial charge >= 0.3 is 11.9 Å². The standard InChI is InChI=1S/C14H14O5/c1-3-13(15)19-12-6-4-5-11(9(12)2)14(16)18-8-10-7-17-10/h3-6,10H,1,7-8H2,2H3. The Morgan fingerprint density at radius 3 is 2.89 bits per heavy atom. The molecule has 0 radical (unpaired) electrons. The van der Waals surface area contributed by atoms with E-state index >= 15 is 0 Å². The molecule has 0 aliphatic carbocycles. The maximum Gasteiger partial charge on any atom is 0.338 e. The van der Waals surface area contributed by atoms with Crippen molar-refractivity contribution in [1.29, 1.82) is 0 Å². The van der Waals surface area contributed by atoms with E-state index in [1.807, 2.05) is 0 Å². The Labute approximate surface area is 110 Å². The van der Waals surface area contributed by atoms with Crippen LogP contribution in [0, 0.1) is 6.92 Å². The van der Waals surface area contributed by atoms with Gasteiger partial charge in [0.2, 0.25) is 0 Å². The molecule has 0 amide bonds. The van der Waals surface area contributed by atoms with E-state index in [-0.39, 0.29) is 12.7 Å². The van der Waals surface area contributed by atoms with E-state index in [1.54, 1.807) is 25.1 Å². The number of carbonyl (C=O) groups excluding carboxylic acids is 2. The van der Waals surface area contributed by atoms with Gasteiger partial charge in [-0.3, -0.25) is 0 Å². The molecule has 0 saturated carbocycles. The van der Waals surface area contributed by atoms with Crippen LogP contribution in [-0.4, -0.2) is 31.3 Å². The highest BCUT2D eigenvalue weighted by Crippen LogP contribution is 2.22. The first-order chi connectivity index (χ1) is 9.11. The monoisotopic (exact) mass is 262 g/mol. The molecule has 1 aliphatic rings. The lowest BCUT2D eigenvalue weighted by Crippen LogP contribution is -2.12. The van der Waals surface area contributed by atoms with Gasteiger partial charge in [-0.1, -0.05) is 12.6 Å². The van der Waals surface area contributed by atoms with Gasteiger partial charge < -0.3 is 14.2 Å². The largest absolute Gasteiger partial charge is 0.459 e. The molecule has 0 spiro atoms. The van der Waals surface area contributed by atoms with E-state index in [0.29, 0.717) is 23.5 Å². The second-order valence-electron chi connectivity index (χ2n) is 4.11. The van der Waals surface area contributed by atoms with Crippen molar-refractivity contribution in [3.63, 3.8) is 0 Å². The van der Waals surface area contributed by atoms with Gasteiger partial charge in [-0.2, -0.15) is 0 Å². The number of benzene rings is 1. The zero-order valence-electron chi connectivity index (χ0n) is 10.5. The van der Waals surface area contributed by atoms with Crippen LogP contribution in [0.3, 0.4) is 0 Å². The molecule has 1 aliphatic heterocycles. The fourth-order valence-electron chi connectivity index (χ4n) is 1.51. The van der Waals surface area contributed by atoms with Crippen molar-refractivity contribution >= 4 is 11.9 Å². The number of hydrogen-bond donors (Lipinski definition) is 0. The summed E-state index contributed by atoms with van der Waals surface area (Å²) in [6.07, 6.45) is 1.08. The summed E-state index contributed by atoms with van der Waals surface area (Å²) in [5.74, 6) is -0.702. The van der Waals surface area contributed by atoms with Crippen molar-refractivity contribution in [3.8, 4) is 5.75 Å². The van der Waals surface area contributed by atoms with Crippen LogP contribution in [-0.2, 0) is 14.3 Å². The molecule has 1 fully saturated rings. The second kappa shape index (κ2) is 5.67. The van der Waals surface area contributed by atoms with Crippen molar-refractivity contribution < 1.29 is 23.8 Å². The number of epoxide rings is 1. The van der Waals surface area contributed by atoms with Gasteiger partial charge in [-0.15, -0.1) is 0 Å². The average molecular weight is 262 g/mol. The lowest BCUT2D eigenvalue weighted by Gasteiger charge is -2.10. The molecule has 1 aromatic rings. The predicted molar refractivity (Wildman–Crippen MR) is 67.0 cm³/mol. The molecule has 2 rings (SSSR count). The molecule has 1 atom stereocenters.